The first-order valence-electron chi connectivity index (χ1n) is 4.11. The Morgan fingerprint density at radius 1 is 1.25 bits per heavy atom. The predicted octanol–water partition coefficient (Wildman–Crippen LogP) is 0.205. The summed E-state index contributed by atoms with van der Waals surface area (Å²) in [5.74, 6) is 1.36. The molecule has 2 fully saturated rings. The van der Waals surface area contributed by atoms with Crippen LogP contribution < -0.4 is 5.32 Å². The van der Waals surface area contributed by atoms with Crippen LogP contribution in [-0.2, 0) is 9.84 Å². The van der Waals surface area contributed by atoms with Gasteiger partial charge in [0.15, 0.2) is 9.84 Å². The Morgan fingerprint density at radius 2 is 1.92 bits per heavy atom. The van der Waals surface area contributed by atoms with Crippen LogP contribution in [-0.4, -0.2) is 32.5 Å². The van der Waals surface area contributed by atoms with Gasteiger partial charge in [-0.25, -0.2) is 8.42 Å². The maximum Gasteiger partial charge on any atom is 0.153 e. The van der Waals surface area contributed by atoms with Gasteiger partial charge < -0.3 is 5.32 Å². The van der Waals surface area contributed by atoms with Gasteiger partial charge in [-0.15, -0.1) is 12.4 Å². The molecule has 72 valence electrons. The van der Waals surface area contributed by atoms with Gasteiger partial charge in [0.1, 0.15) is 0 Å². The first kappa shape index (κ1) is 10.3. The van der Waals surface area contributed by atoms with Crippen LogP contribution in [0, 0.1) is 5.92 Å². The van der Waals surface area contributed by atoms with E-state index in [1.165, 1.54) is 12.8 Å². The molecule has 3 nitrogen and oxygen atoms in total. The van der Waals surface area contributed by atoms with Crippen LogP contribution in [0.1, 0.15) is 12.8 Å². The number of halogens is 1. The first-order chi connectivity index (χ1) is 5.17. The molecule has 2 rings (SSSR count). The van der Waals surface area contributed by atoms with Crippen LogP contribution in [0.3, 0.4) is 0 Å². The normalized spacial score (nSPS) is 33.8. The fourth-order valence-corrected chi connectivity index (χ4v) is 3.15. The fraction of sp³-hybridized carbons (Fsp3) is 1.00. The standard InChI is InChI=1S/C7H13NO2S.ClH/c9-11(10)4-3-8-7(5-11)6-1-2-6;/h6-8H,1-5H2;1H. The summed E-state index contributed by atoms with van der Waals surface area (Å²) in [6.45, 7) is 0.656. The molecule has 1 aliphatic heterocycles. The van der Waals surface area contributed by atoms with Crippen LogP contribution in [0.5, 0.6) is 0 Å². The van der Waals surface area contributed by atoms with Gasteiger partial charge >= 0.3 is 0 Å². The van der Waals surface area contributed by atoms with E-state index in [1.807, 2.05) is 0 Å². The summed E-state index contributed by atoms with van der Waals surface area (Å²) in [5.41, 5.74) is 0. The quantitative estimate of drug-likeness (QED) is 0.675. The first-order valence-corrected chi connectivity index (χ1v) is 5.93. The van der Waals surface area contributed by atoms with Crippen LogP contribution in [0.2, 0.25) is 0 Å². The van der Waals surface area contributed by atoms with Crippen LogP contribution in [0.4, 0.5) is 0 Å². The zero-order chi connectivity index (χ0) is 7.90. The maximum absolute atomic E-state index is 11.2. The molecule has 12 heavy (non-hydrogen) atoms. The molecule has 1 unspecified atom stereocenters. The molecular formula is C7H14ClNO2S. The Kier molecular flexibility index (Phi) is 3.01. The summed E-state index contributed by atoms with van der Waals surface area (Å²) >= 11 is 0. The molecule has 1 N–H and O–H groups in total. The highest BCUT2D eigenvalue weighted by Crippen LogP contribution is 2.33. The van der Waals surface area contributed by atoms with Crippen molar-refractivity contribution < 1.29 is 8.42 Å². The Bertz CT molecular complexity index is 248. The molecule has 1 aliphatic carbocycles. The Morgan fingerprint density at radius 3 is 2.42 bits per heavy atom. The van der Waals surface area contributed by atoms with Crippen molar-refractivity contribution in [1.29, 1.82) is 0 Å². The molecule has 0 amide bonds. The van der Waals surface area contributed by atoms with Crippen molar-refractivity contribution in [3.63, 3.8) is 0 Å². The Labute approximate surface area is 79.2 Å². The van der Waals surface area contributed by atoms with Crippen LogP contribution in [0.25, 0.3) is 0 Å². The molecule has 5 heteroatoms. The van der Waals surface area contributed by atoms with Crippen molar-refractivity contribution in [1.82, 2.24) is 5.32 Å². The molecule has 1 saturated heterocycles. The average Bonchev–Trinajstić information content (AvgIpc) is 2.65. The Hall–Kier alpha value is 0.200. The van der Waals surface area contributed by atoms with E-state index in [0.717, 1.165) is 0 Å². The number of nitrogens with one attached hydrogen (secondary N) is 1. The van der Waals surface area contributed by atoms with E-state index in [0.29, 0.717) is 24.0 Å². The van der Waals surface area contributed by atoms with Gasteiger partial charge in [0.2, 0.25) is 0 Å². The van der Waals surface area contributed by atoms with Gasteiger partial charge in [-0.2, -0.15) is 0 Å². The van der Waals surface area contributed by atoms with E-state index in [2.05, 4.69) is 5.32 Å². The molecule has 2 aliphatic rings. The minimum atomic E-state index is -2.70. The highest BCUT2D eigenvalue weighted by molar-refractivity contribution is 7.91. The third-order valence-corrected chi connectivity index (χ3v) is 4.14. The van der Waals surface area contributed by atoms with E-state index in [4.69, 9.17) is 0 Å². The molecule has 0 aromatic heterocycles. The summed E-state index contributed by atoms with van der Waals surface area (Å²) in [7, 11) is -2.70. The van der Waals surface area contributed by atoms with E-state index >= 15 is 0 Å². The predicted molar refractivity (Wildman–Crippen MR) is 50.4 cm³/mol. The zero-order valence-electron chi connectivity index (χ0n) is 6.82. The number of sulfone groups is 1. The smallest absolute Gasteiger partial charge is 0.153 e. The van der Waals surface area contributed by atoms with Gasteiger partial charge in [-0.05, 0) is 18.8 Å². The summed E-state index contributed by atoms with van der Waals surface area (Å²) < 4.78 is 22.3. The second-order valence-electron chi connectivity index (χ2n) is 3.51. The van der Waals surface area contributed by atoms with Gasteiger partial charge in [0.05, 0.1) is 11.5 Å². The maximum atomic E-state index is 11.2. The molecule has 1 saturated carbocycles. The van der Waals surface area contributed by atoms with Crippen molar-refractivity contribution in [2.75, 3.05) is 18.1 Å². The van der Waals surface area contributed by atoms with Crippen molar-refractivity contribution in [2.45, 2.75) is 18.9 Å². The largest absolute Gasteiger partial charge is 0.312 e. The highest BCUT2D eigenvalue weighted by atomic mass is 35.5. The SMILES string of the molecule is Cl.O=S1(=O)CCNC(C2CC2)C1. The van der Waals surface area contributed by atoms with E-state index in [1.54, 1.807) is 0 Å². The van der Waals surface area contributed by atoms with Crippen molar-refractivity contribution in [2.24, 2.45) is 5.92 Å². The van der Waals surface area contributed by atoms with Crippen molar-refractivity contribution in [3.05, 3.63) is 0 Å². The summed E-state index contributed by atoms with van der Waals surface area (Å²) in [5, 5.41) is 3.26. The highest BCUT2D eigenvalue weighted by Gasteiger charge is 2.36. The fourth-order valence-electron chi connectivity index (χ4n) is 1.62. The second-order valence-corrected chi connectivity index (χ2v) is 5.74. The molecule has 0 aromatic rings. The van der Waals surface area contributed by atoms with Crippen molar-refractivity contribution >= 4 is 22.2 Å². The van der Waals surface area contributed by atoms with Gasteiger partial charge in [0, 0.05) is 12.6 Å². The molecule has 0 bridgehead atoms. The van der Waals surface area contributed by atoms with E-state index in [9.17, 15) is 8.42 Å². The summed E-state index contributed by atoms with van der Waals surface area (Å²) in [6.07, 6.45) is 2.43. The molecular weight excluding hydrogens is 198 g/mol. The lowest BCUT2D eigenvalue weighted by molar-refractivity contribution is 0.480. The lowest BCUT2D eigenvalue weighted by atomic mass is 10.2. The topological polar surface area (TPSA) is 46.2 Å². The lowest BCUT2D eigenvalue weighted by Crippen LogP contribution is -2.46. The van der Waals surface area contributed by atoms with Crippen LogP contribution >= 0.6 is 12.4 Å². The second kappa shape index (κ2) is 3.52. The van der Waals surface area contributed by atoms with Gasteiger partial charge in [-0.3, -0.25) is 0 Å². The minimum Gasteiger partial charge on any atom is -0.312 e. The number of hydrogen-bond donors (Lipinski definition) is 1. The van der Waals surface area contributed by atoms with Crippen molar-refractivity contribution in [3.8, 4) is 0 Å². The number of hydrogen-bond acceptors (Lipinski definition) is 3. The molecule has 0 radical (unpaired) electrons. The van der Waals surface area contributed by atoms with Crippen LogP contribution in [0.15, 0.2) is 0 Å². The zero-order valence-corrected chi connectivity index (χ0v) is 8.46. The van der Waals surface area contributed by atoms with Gasteiger partial charge in [-0.1, -0.05) is 0 Å². The molecule has 0 aromatic carbocycles. The minimum absolute atomic E-state index is 0. The van der Waals surface area contributed by atoms with E-state index < -0.39 is 9.84 Å². The molecule has 1 atom stereocenters. The van der Waals surface area contributed by atoms with Gasteiger partial charge in [0.25, 0.3) is 0 Å². The lowest BCUT2D eigenvalue weighted by Gasteiger charge is -2.23. The molecule has 0 spiro atoms. The number of rotatable bonds is 1. The average molecular weight is 212 g/mol. The third kappa shape index (κ3) is 2.34. The third-order valence-electron chi connectivity index (χ3n) is 2.44. The monoisotopic (exact) mass is 211 g/mol. The molecule has 1 heterocycles. The summed E-state index contributed by atoms with van der Waals surface area (Å²) in [4.78, 5) is 0. The van der Waals surface area contributed by atoms with E-state index in [-0.39, 0.29) is 18.4 Å². The Balaban J connectivity index is 0.000000720. The summed E-state index contributed by atoms with van der Waals surface area (Å²) in [6, 6.07) is 0.272.